The maximum atomic E-state index is 12.5. The topological polar surface area (TPSA) is 70.8 Å². The summed E-state index contributed by atoms with van der Waals surface area (Å²) in [5.74, 6) is 0.715. The van der Waals surface area contributed by atoms with Crippen LogP contribution in [0, 0.1) is 0 Å². The van der Waals surface area contributed by atoms with E-state index >= 15 is 0 Å². The van der Waals surface area contributed by atoms with Gasteiger partial charge in [-0.2, -0.15) is 0 Å². The first-order valence-corrected chi connectivity index (χ1v) is 9.96. The van der Waals surface area contributed by atoms with E-state index in [1.807, 2.05) is 6.07 Å². The van der Waals surface area contributed by atoms with Gasteiger partial charge in [0, 0.05) is 45.2 Å². The summed E-state index contributed by atoms with van der Waals surface area (Å²) in [4.78, 5) is 21.5. The molecule has 0 saturated carbocycles. The van der Waals surface area contributed by atoms with E-state index in [1.165, 1.54) is 5.56 Å². The van der Waals surface area contributed by atoms with Crippen molar-refractivity contribution in [1.29, 1.82) is 0 Å². The second-order valence-corrected chi connectivity index (χ2v) is 7.66. The molecule has 2 aliphatic rings. The SMILES string of the molecule is CC(c1ccccc1)N1CCc2oc(C(=O)NCC3CN(C)CCO3)nc2C1. The lowest BCUT2D eigenvalue weighted by atomic mass is 10.0. The minimum Gasteiger partial charge on any atom is -0.437 e. The molecule has 1 saturated heterocycles. The van der Waals surface area contributed by atoms with Gasteiger partial charge in [0.05, 0.1) is 18.4 Å². The van der Waals surface area contributed by atoms with Gasteiger partial charge in [-0.05, 0) is 19.5 Å². The Morgan fingerprint density at radius 1 is 1.32 bits per heavy atom. The van der Waals surface area contributed by atoms with Gasteiger partial charge < -0.3 is 19.4 Å². The van der Waals surface area contributed by atoms with Crippen LogP contribution in [0.4, 0.5) is 0 Å². The van der Waals surface area contributed by atoms with Crippen LogP contribution in [0.5, 0.6) is 0 Å². The molecule has 1 N–H and O–H groups in total. The Morgan fingerprint density at radius 3 is 2.93 bits per heavy atom. The number of carbonyl (C=O) groups is 1. The Bertz CT molecular complexity index is 807. The van der Waals surface area contributed by atoms with Crippen LogP contribution in [-0.4, -0.2) is 66.6 Å². The number of rotatable bonds is 5. The number of fused-ring (bicyclic) bond motifs is 1. The molecule has 1 aromatic heterocycles. The van der Waals surface area contributed by atoms with Crippen LogP contribution in [0.15, 0.2) is 34.7 Å². The molecule has 2 unspecified atom stereocenters. The lowest BCUT2D eigenvalue weighted by molar-refractivity contribution is -0.0176. The molecule has 7 heteroatoms. The number of amides is 1. The summed E-state index contributed by atoms with van der Waals surface area (Å²) in [5, 5.41) is 2.90. The minimum atomic E-state index is -0.270. The van der Waals surface area contributed by atoms with E-state index in [-0.39, 0.29) is 17.9 Å². The van der Waals surface area contributed by atoms with Crippen molar-refractivity contribution in [2.24, 2.45) is 0 Å². The zero-order chi connectivity index (χ0) is 19.5. The highest BCUT2D eigenvalue weighted by Gasteiger charge is 2.28. The van der Waals surface area contributed by atoms with E-state index in [1.54, 1.807) is 0 Å². The molecule has 28 heavy (non-hydrogen) atoms. The second kappa shape index (κ2) is 8.43. The van der Waals surface area contributed by atoms with Crippen LogP contribution in [-0.2, 0) is 17.7 Å². The summed E-state index contributed by atoms with van der Waals surface area (Å²) < 4.78 is 11.4. The molecule has 1 fully saturated rings. The van der Waals surface area contributed by atoms with E-state index in [2.05, 4.69) is 58.3 Å². The average Bonchev–Trinajstić information content (AvgIpc) is 3.15. The molecule has 3 heterocycles. The smallest absolute Gasteiger partial charge is 0.307 e. The Kier molecular flexibility index (Phi) is 5.75. The fraction of sp³-hybridized carbons (Fsp3) is 0.524. The summed E-state index contributed by atoms with van der Waals surface area (Å²) in [7, 11) is 2.06. The Morgan fingerprint density at radius 2 is 2.14 bits per heavy atom. The molecule has 1 amide bonds. The van der Waals surface area contributed by atoms with Gasteiger partial charge in [-0.25, -0.2) is 4.98 Å². The number of likely N-dealkylation sites (N-methyl/N-ethyl adjacent to an activating group) is 1. The molecule has 0 spiro atoms. The highest BCUT2D eigenvalue weighted by atomic mass is 16.5. The van der Waals surface area contributed by atoms with Gasteiger partial charge in [0.1, 0.15) is 5.76 Å². The first-order valence-electron chi connectivity index (χ1n) is 9.96. The maximum absolute atomic E-state index is 12.5. The molecule has 7 nitrogen and oxygen atoms in total. The van der Waals surface area contributed by atoms with E-state index in [0.29, 0.717) is 25.7 Å². The van der Waals surface area contributed by atoms with E-state index < -0.39 is 0 Å². The van der Waals surface area contributed by atoms with Crippen molar-refractivity contribution in [3.8, 4) is 0 Å². The monoisotopic (exact) mass is 384 g/mol. The number of ether oxygens (including phenoxy) is 1. The van der Waals surface area contributed by atoms with Gasteiger partial charge in [0.25, 0.3) is 5.89 Å². The molecule has 4 rings (SSSR count). The summed E-state index contributed by atoms with van der Waals surface area (Å²) in [6.45, 7) is 6.69. The third kappa shape index (κ3) is 4.27. The molecule has 1 aromatic carbocycles. The van der Waals surface area contributed by atoms with E-state index in [4.69, 9.17) is 9.15 Å². The molecular formula is C21H28N4O3. The van der Waals surface area contributed by atoms with Gasteiger partial charge in [0.15, 0.2) is 0 Å². The average molecular weight is 384 g/mol. The summed E-state index contributed by atoms with van der Waals surface area (Å²) >= 11 is 0. The van der Waals surface area contributed by atoms with Gasteiger partial charge in [-0.1, -0.05) is 30.3 Å². The predicted molar refractivity (Wildman–Crippen MR) is 105 cm³/mol. The normalized spacial score (nSPS) is 21.9. The summed E-state index contributed by atoms with van der Waals surface area (Å²) in [6, 6.07) is 10.7. The van der Waals surface area contributed by atoms with Crippen LogP contribution in [0.25, 0.3) is 0 Å². The molecule has 0 radical (unpaired) electrons. The zero-order valence-corrected chi connectivity index (χ0v) is 16.6. The van der Waals surface area contributed by atoms with E-state index in [0.717, 1.165) is 37.5 Å². The molecule has 2 atom stereocenters. The van der Waals surface area contributed by atoms with Crippen molar-refractivity contribution in [2.75, 3.05) is 39.8 Å². The van der Waals surface area contributed by atoms with Gasteiger partial charge in [-0.15, -0.1) is 0 Å². The first kappa shape index (κ1) is 19.1. The van der Waals surface area contributed by atoms with Crippen molar-refractivity contribution in [3.05, 3.63) is 53.2 Å². The molecular weight excluding hydrogens is 356 g/mol. The lowest BCUT2D eigenvalue weighted by Gasteiger charge is -2.31. The van der Waals surface area contributed by atoms with Crippen LogP contribution in [0.2, 0.25) is 0 Å². The van der Waals surface area contributed by atoms with Crippen LogP contribution >= 0.6 is 0 Å². The van der Waals surface area contributed by atoms with E-state index in [9.17, 15) is 4.79 Å². The number of aromatic nitrogens is 1. The molecule has 0 bridgehead atoms. The minimum absolute atomic E-state index is 0.00880. The second-order valence-electron chi connectivity index (χ2n) is 7.66. The summed E-state index contributed by atoms with van der Waals surface area (Å²) in [6.07, 6.45) is 0.776. The lowest BCUT2D eigenvalue weighted by Crippen LogP contribution is -2.46. The molecule has 0 aliphatic carbocycles. The maximum Gasteiger partial charge on any atom is 0.307 e. The fourth-order valence-corrected chi connectivity index (χ4v) is 3.86. The molecule has 2 aromatic rings. The van der Waals surface area contributed by atoms with Crippen molar-refractivity contribution in [2.45, 2.75) is 32.0 Å². The van der Waals surface area contributed by atoms with Crippen molar-refractivity contribution in [3.63, 3.8) is 0 Å². The predicted octanol–water partition coefficient (Wildman–Crippen LogP) is 1.85. The van der Waals surface area contributed by atoms with Crippen LogP contribution in [0.3, 0.4) is 0 Å². The Hall–Kier alpha value is -2.22. The molecule has 2 aliphatic heterocycles. The Balaban J connectivity index is 1.36. The number of morpholine rings is 1. The fourth-order valence-electron chi connectivity index (χ4n) is 3.86. The summed E-state index contributed by atoms with van der Waals surface area (Å²) in [5.41, 5.74) is 2.15. The van der Waals surface area contributed by atoms with Crippen molar-refractivity contribution < 1.29 is 13.9 Å². The largest absolute Gasteiger partial charge is 0.437 e. The number of nitrogens with one attached hydrogen (secondary N) is 1. The third-order valence-corrected chi connectivity index (χ3v) is 5.61. The zero-order valence-electron chi connectivity index (χ0n) is 16.6. The highest BCUT2D eigenvalue weighted by molar-refractivity contribution is 5.89. The number of carbonyl (C=O) groups excluding carboxylic acids is 1. The number of oxazole rings is 1. The van der Waals surface area contributed by atoms with Crippen molar-refractivity contribution >= 4 is 5.91 Å². The molecule has 150 valence electrons. The first-order chi connectivity index (χ1) is 13.6. The number of hydrogen-bond acceptors (Lipinski definition) is 6. The quantitative estimate of drug-likeness (QED) is 0.848. The number of nitrogens with zero attached hydrogens (tertiary/aromatic N) is 3. The van der Waals surface area contributed by atoms with Crippen LogP contribution in [0.1, 0.15) is 40.7 Å². The van der Waals surface area contributed by atoms with Gasteiger partial charge >= 0.3 is 5.91 Å². The highest BCUT2D eigenvalue weighted by Crippen LogP contribution is 2.27. The third-order valence-electron chi connectivity index (χ3n) is 5.61. The van der Waals surface area contributed by atoms with Gasteiger partial charge in [-0.3, -0.25) is 9.69 Å². The van der Waals surface area contributed by atoms with Crippen molar-refractivity contribution in [1.82, 2.24) is 20.1 Å². The standard InChI is InChI=1S/C21H28N4O3/c1-15(16-6-4-3-5-7-16)25-9-8-19-18(14-25)23-21(28-19)20(26)22-12-17-13-24(2)10-11-27-17/h3-7,15,17H,8-14H2,1-2H3,(H,22,26). The van der Waals surface area contributed by atoms with Crippen LogP contribution < -0.4 is 5.32 Å². The Labute approximate surface area is 165 Å². The van der Waals surface area contributed by atoms with Gasteiger partial charge in [0.2, 0.25) is 0 Å². The number of hydrogen-bond donors (Lipinski definition) is 1. The number of benzene rings is 1.